The summed E-state index contributed by atoms with van der Waals surface area (Å²) in [4.78, 5) is 16.4. The third-order valence-electron chi connectivity index (χ3n) is 2.72. The molecule has 0 unspecified atom stereocenters. The summed E-state index contributed by atoms with van der Waals surface area (Å²) < 4.78 is 1.66. The minimum Gasteiger partial charge on any atom is -0.311 e. The zero-order valence-electron chi connectivity index (χ0n) is 9.42. The molecular formula is C12H15N3O. The maximum atomic E-state index is 12.1. The Balaban J connectivity index is 2.26. The number of hydrogen-bond acceptors (Lipinski definition) is 3. The number of nitrogens with zero attached hydrogens (tertiary/aromatic N) is 2. The molecular weight excluding hydrogens is 202 g/mol. The first-order chi connectivity index (χ1) is 7.83. The van der Waals surface area contributed by atoms with E-state index in [1.165, 1.54) is 0 Å². The van der Waals surface area contributed by atoms with E-state index in [1.54, 1.807) is 17.8 Å². The van der Waals surface area contributed by atoms with Gasteiger partial charge in [0.25, 0.3) is 5.56 Å². The number of rotatable bonds is 2. The van der Waals surface area contributed by atoms with Gasteiger partial charge in [-0.05, 0) is 19.9 Å². The van der Waals surface area contributed by atoms with E-state index in [1.807, 2.05) is 0 Å². The lowest BCUT2D eigenvalue weighted by atomic mass is 10.1. The van der Waals surface area contributed by atoms with Crippen molar-refractivity contribution in [3.63, 3.8) is 0 Å². The predicted molar refractivity (Wildman–Crippen MR) is 62.0 cm³/mol. The van der Waals surface area contributed by atoms with Gasteiger partial charge in [-0.15, -0.1) is 11.8 Å². The van der Waals surface area contributed by atoms with Gasteiger partial charge in [0.15, 0.2) is 0 Å². The summed E-state index contributed by atoms with van der Waals surface area (Å²) in [6.07, 6.45) is 3.11. The monoisotopic (exact) mass is 217 g/mol. The van der Waals surface area contributed by atoms with Crippen molar-refractivity contribution in [1.29, 1.82) is 0 Å². The van der Waals surface area contributed by atoms with Crippen molar-refractivity contribution >= 4 is 0 Å². The van der Waals surface area contributed by atoms with E-state index in [2.05, 4.69) is 22.1 Å². The molecule has 0 spiro atoms. The average Bonchev–Trinajstić information content (AvgIpc) is 2.33. The van der Waals surface area contributed by atoms with Gasteiger partial charge in [0.1, 0.15) is 0 Å². The number of nitrogens with one attached hydrogen (secondary N) is 1. The Hall–Kier alpha value is -1.60. The summed E-state index contributed by atoms with van der Waals surface area (Å²) >= 11 is 0. The van der Waals surface area contributed by atoms with Crippen LogP contribution >= 0.6 is 0 Å². The Bertz CT molecular complexity index is 493. The smallest absolute Gasteiger partial charge is 0.256 e. The molecule has 1 aliphatic rings. The van der Waals surface area contributed by atoms with Crippen molar-refractivity contribution in [3.05, 3.63) is 27.9 Å². The second-order valence-corrected chi connectivity index (χ2v) is 3.77. The maximum absolute atomic E-state index is 12.1. The van der Waals surface area contributed by atoms with E-state index in [0.717, 1.165) is 24.2 Å². The van der Waals surface area contributed by atoms with Crippen molar-refractivity contribution in [1.82, 2.24) is 14.9 Å². The predicted octanol–water partition coefficient (Wildman–Crippen LogP) is 0.302. The van der Waals surface area contributed by atoms with Gasteiger partial charge in [-0.2, -0.15) is 0 Å². The molecule has 1 aromatic heterocycles. The molecule has 0 aromatic carbocycles. The highest BCUT2D eigenvalue weighted by molar-refractivity contribution is 5.19. The highest BCUT2D eigenvalue weighted by Gasteiger charge is 2.14. The van der Waals surface area contributed by atoms with Crippen LogP contribution in [0.15, 0.2) is 11.1 Å². The van der Waals surface area contributed by atoms with Crippen LogP contribution in [-0.4, -0.2) is 16.1 Å². The van der Waals surface area contributed by atoms with Crippen molar-refractivity contribution in [2.75, 3.05) is 6.54 Å². The quantitative estimate of drug-likeness (QED) is 0.725. The Labute approximate surface area is 94.7 Å². The van der Waals surface area contributed by atoms with E-state index in [9.17, 15) is 4.79 Å². The van der Waals surface area contributed by atoms with E-state index in [4.69, 9.17) is 0 Å². The summed E-state index contributed by atoms with van der Waals surface area (Å²) in [6, 6.07) is 0. The second-order valence-electron chi connectivity index (χ2n) is 3.77. The van der Waals surface area contributed by atoms with Gasteiger partial charge in [0.05, 0.1) is 12.0 Å². The number of fused-ring (bicyclic) bond motifs is 1. The van der Waals surface area contributed by atoms with Crippen LogP contribution in [0.1, 0.15) is 24.6 Å². The minimum atomic E-state index is 0.101. The second kappa shape index (κ2) is 4.95. The first-order valence-electron chi connectivity index (χ1n) is 5.50. The Kier molecular flexibility index (Phi) is 3.37. The van der Waals surface area contributed by atoms with Crippen LogP contribution in [0.3, 0.4) is 0 Å². The molecule has 0 saturated carbocycles. The highest BCUT2D eigenvalue weighted by Crippen LogP contribution is 2.05. The first-order valence-corrected chi connectivity index (χ1v) is 5.50. The van der Waals surface area contributed by atoms with Crippen molar-refractivity contribution < 1.29 is 0 Å². The molecule has 4 heteroatoms. The van der Waals surface area contributed by atoms with Crippen LogP contribution in [0, 0.1) is 11.8 Å². The molecule has 0 bridgehead atoms. The molecule has 16 heavy (non-hydrogen) atoms. The summed E-state index contributed by atoms with van der Waals surface area (Å²) in [7, 11) is 0. The number of hydrogen-bond donors (Lipinski definition) is 1. The van der Waals surface area contributed by atoms with Crippen molar-refractivity contribution in [2.24, 2.45) is 0 Å². The van der Waals surface area contributed by atoms with Crippen LogP contribution in [-0.2, 0) is 19.5 Å². The van der Waals surface area contributed by atoms with E-state index in [0.29, 0.717) is 19.5 Å². The molecule has 4 nitrogen and oxygen atoms in total. The average molecular weight is 217 g/mol. The molecule has 2 rings (SSSR count). The molecule has 0 fully saturated rings. The minimum absolute atomic E-state index is 0.101. The molecule has 84 valence electrons. The summed E-state index contributed by atoms with van der Waals surface area (Å²) in [5.74, 6) is 5.78. The van der Waals surface area contributed by atoms with E-state index in [-0.39, 0.29) is 5.56 Å². The van der Waals surface area contributed by atoms with Gasteiger partial charge in [0, 0.05) is 25.1 Å². The third kappa shape index (κ3) is 2.15. The third-order valence-corrected chi connectivity index (χ3v) is 2.72. The molecule has 0 saturated heterocycles. The summed E-state index contributed by atoms with van der Waals surface area (Å²) in [6.45, 7) is 4.01. The standard InChI is InChI=1S/C12H15N3O/c1-2-3-4-7-15-9-14-11-8-13-6-5-10(11)12(15)16/h9,13H,4-8H2,1H3. The lowest BCUT2D eigenvalue weighted by Gasteiger charge is -2.16. The number of aromatic nitrogens is 2. The molecule has 2 heterocycles. The fourth-order valence-electron chi connectivity index (χ4n) is 1.85. The molecule has 1 aromatic rings. The van der Waals surface area contributed by atoms with Crippen LogP contribution in [0.2, 0.25) is 0 Å². The fraction of sp³-hybridized carbons (Fsp3) is 0.500. The summed E-state index contributed by atoms with van der Waals surface area (Å²) in [5.41, 5.74) is 1.86. The molecule has 0 radical (unpaired) electrons. The lowest BCUT2D eigenvalue weighted by Crippen LogP contribution is -2.34. The van der Waals surface area contributed by atoms with Crippen LogP contribution in [0.25, 0.3) is 0 Å². The van der Waals surface area contributed by atoms with Gasteiger partial charge >= 0.3 is 0 Å². The normalized spacial score (nSPS) is 13.8. The van der Waals surface area contributed by atoms with Gasteiger partial charge < -0.3 is 5.32 Å². The van der Waals surface area contributed by atoms with E-state index < -0.39 is 0 Å². The molecule has 0 amide bonds. The number of aryl methyl sites for hydroxylation is 1. The topological polar surface area (TPSA) is 46.9 Å². The van der Waals surface area contributed by atoms with Crippen molar-refractivity contribution in [2.45, 2.75) is 32.9 Å². The SMILES string of the molecule is CC#CCCn1cnc2c(c1=O)CCNC2. The molecule has 0 aliphatic carbocycles. The van der Waals surface area contributed by atoms with Gasteiger partial charge in [-0.3, -0.25) is 9.36 Å². The Morgan fingerprint density at radius 1 is 1.62 bits per heavy atom. The van der Waals surface area contributed by atoms with Gasteiger partial charge in [-0.25, -0.2) is 4.98 Å². The van der Waals surface area contributed by atoms with Gasteiger partial charge in [-0.1, -0.05) is 0 Å². The lowest BCUT2D eigenvalue weighted by molar-refractivity contribution is 0.584. The van der Waals surface area contributed by atoms with Crippen molar-refractivity contribution in [3.8, 4) is 11.8 Å². The maximum Gasteiger partial charge on any atom is 0.256 e. The Morgan fingerprint density at radius 2 is 2.50 bits per heavy atom. The zero-order chi connectivity index (χ0) is 11.4. The van der Waals surface area contributed by atoms with E-state index >= 15 is 0 Å². The zero-order valence-corrected chi connectivity index (χ0v) is 9.42. The van der Waals surface area contributed by atoms with Crippen LogP contribution in [0.5, 0.6) is 0 Å². The summed E-state index contributed by atoms with van der Waals surface area (Å²) in [5, 5.41) is 3.21. The Morgan fingerprint density at radius 3 is 3.31 bits per heavy atom. The molecule has 1 N–H and O–H groups in total. The highest BCUT2D eigenvalue weighted by atomic mass is 16.1. The molecule has 0 atom stereocenters. The van der Waals surface area contributed by atoms with Gasteiger partial charge in [0.2, 0.25) is 0 Å². The largest absolute Gasteiger partial charge is 0.311 e. The first kappa shape index (κ1) is 10.9. The fourth-order valence-corrected chi connectivity index (χ4v) is 1.85. The van der Waals surface area contributed by atoms with Crippen LogP contribution in [0.4, 0.5) is 0 Å². The van der Waals surface area contributed by atoms with Crippen LogP contribution < -0.4 is 10.9 Å². The molecule has 1 aliphatic heterocycles.